The summed E-state index contributed by atoms with van der Waals surface area (Å²) in [5.41, 5.74) is 1.58. The Morgan fingerprint density at radius 3 is 2.61 bits per heavy atom. The van der Waals surface area contributed by atoms with Crippen LogP contribution in [0.5, 0.6) is 0 Å². The van der Waals surface area contributed by atoms with Crippen LogP contribution in [0.2, 0.25) is 10.2 Å². The molecule has 0 aliphatic carbocycles. The van der Waals surface area contributed by atoms with Crippen LogP contribution in [0.15, 0.2) is 12.3 Å². The second-order valence-corrected chi connectivity index (χ2v) is 6.06. The molecular formula is C14H20Cl2N2. The monoisotopic (exact) mass is 286 g/mol. The molecule has 100 valence electrons. The van der Waals surface area contributed by atoms with E-state index in [4.69, 9.17) is 23.2 Å². The van der Waals surface area contributed by atoms with Gasteiger partial charge in [-0.1, -0.05) is 37.0 Å². The minimum Gasteiger partial charge on any atom is -0.298 e. The average Bonchev–Trinajstić information content (AvgIpc) is 2.77. The molecule has 0 atom stereocenters. The molecule has 1 aromatic heterocycles. The molecule has 0 bridgehead atoms. The lowest BCUT2D eigenvalue weighted by molar-refractivity contribution is 0.236. The maximum absolute atomic E-state index is 6.20. The Morgan fingerprint density at radius 2 is 2.06 bits per heavy atom. The molecule has 0 aromatic carbocycles. The van der Waals surface area contributed by atoms with E-state index in [9.17, 15) is 0 Å². The quantitative estimate of drug-likeness (QED) is 0.763. The predicted molar refractivity (Wildman–Crippen MR) is 77.2 cm³/mol. The molecule has 0 unspecified atom stereocenters. The van der Waals surface area contributed by atoms with Crippen molar-refractivity contribution >= 4 is 23.2 Å². The van der Waals surface area contributed by atoms with Crippen molar-refractivity contribution in [2.75, 3.05) is 13.1 Å². The highest BCUT2D eigenvalue weighted by Gasteiger charge is 2.34. The van der Waals surface area contributed by atoms with Gasteiger partial charge < -0.3 is 0 Å². The molecule has 2 nitrogen and oxygen atoms in total. The van der Waals surface area contributed by atoms with Gasteiger partial charge in [-0.3, -0.25) is 4.90 Å². The maximum atomic E-state index is 6.20. The van der Waals surface area contributed by atoms with Crippen molar-refractivity contribution in [3.05, 3.63) is 28.0 Å². The first-order valence-corrected chi connectivity index (χ1v) is 7.36. The molecule has 0 saturated carbocycles. The minimum absolute atomic E-state index is 0.460. The SMILES string of the molecule is CCC1(CC)CCN(Cc2cnc(Cl)cc2Cl)C1. The summed E-state index contributed by atoms with van der Waals surface area (Å²) in [5.74, 6) is 0. The van der Waals surface area contributed by atoms with Crippen LogP contribution in [0, 0.1) is 5.41 Å². The lowest BCUT2D eigenvalue weighted by atomic mass is 9.82. The second-order valence-electron chi connectivity index (χ2n) is 5.27. The van der Waals surface area contributed by atoms with E-state index in [1.165, 1.54) is 25.8 Å². The van der Waals surface area contributed by atoms with Gasteiger partial charge in [0.2, 0.25) is 0 Å². The number of rotatable bonds is 4. The largest absolute Gasteiger partial charge is 0.298 e. The van der Waals surface area contributed by atoms with Crippen LogP contribution < -0.4 is 0 Å². The third-order valence-corrected chi connectivity index (χ3v) is 4.87. The van der Waals surface area contributed by atoms with Crippen molar-refractivity contribution in [1.29, 1.82) is 0 Å². The fraction of sp³-hybridized carbons (Fsp3) is 0.643. The summed E-state index contributed by atoms with van der Waals surface area (Å²) in [4.78, 5) is 6.59. The van der Waals surface area contributed by atoms with Crippen LogP contribution in [0.25, 0.3) is 0 Å². The Morgan fingerprint density at radius 1 is 1.33 bits per heavy atom. The van der Waals surface area contributed by atoms with Gasteiger partial charge in [0.15, 0.2) is 0 Å². The van der Waals surface area contributed by atoms with E-state index in [2.05, 4.69) is 23.7 Å². The molecule has 0 N–H and O–H groups in total. The van der Waals surface area contributed by atoms with Crippen molar-refractivity contribution in [2.45, 2.75) is 39.7 Å². The minimum atomic E-state index is 0.460. The van der Waals surface area contributed by atoms with Gasteiger partial charge in [-0.2, -0.15) is 0 Å². The van der Waals surface area contributed by atoms with Crippen molar-refractivity contribution in [3.63, 3.8) is 0 Å². The Kier molecular flexibility index (Phi) is 4.52. The van der Waals surface area contributed by atoms with Gasteiger partial charge in [-0.15, -0.1) is 0 Å². The van der Waals surface area contributed by atoms with Crippen LogP contribution in [-0.4, -0.2) is 23.0 Å². The van der Waals surface area contributed by atoms with Gasteiger partial charge in [-0.25, -0.2) is 4.98 Å². The van der Waals surface area contributed by atoms with Crippen molar-refractivity contribution in [2.24, 2.45) is 5.41 Å². The van der Waals surface area contributed by atoms with Gasteiger partial charge >= 0.3 is 0 Å². The third kappa shape index (κ3) is 2.98. The lowest BCUT2D eigenvalue weighted by Gasteiger charge is -2.26. The molecule has 1 fully saturated rings. The molecule has 1 saturated heterocycles. The molecule has 0 spiro atoms. The normalized spacial score (nSPS) is 19.3. The van der Waals surface area contributed by atoms with Gasteiger partial charge in [0.05, 0.1) is 0 Å². The summed E-state index contributed by atoms with van der Waals surface area (Å²) in [6.45, 7) is 7.79. The van der Waals surface area contributed by atoms with E-state index in [1.54, 1.807) is 12.3 Å². The molecule has 0 radical (unpaired) electrons. The molecule has 2 heterocycles. The smallest absolute Gasteiger partial charge is 0.130 e. The maximum Gasteiger partial charge on any atom is 0.130 e. The van der Waals surface area contributed by atoms with Crippen LogP contribution >= 0.6 is 23.2 Å². The molecule has 1 aliphatic heterocycles. The van der Waals surface area contributed by atoms with Gasteiger partial charge in [0.25, 0.3) is 0 Å². The zero-order valence-electron chi connectivity index (χ0n) is 11.0. The number of hydrogen-bond acceptors (Lipinski definition) is 2. The summed E-state index contributed by atoms with van der Waals surface area (Å²) in [5, 5.41) is 1.18. The van der Waals surface area contributed by atoms with E-state index < -0.39 is 0 Å². The zero-order chi connectivity index (χ0) is 13.2. The highest BCUT2D eigenvalue weighted by Crippen LogP contribution is 2.37. The zero-order valence-corrected chi connectivity index (χ0v) is 12.6. The van der Waals surface area contributed by atoms with Crippen molar-refractivity contribution in [3.8, 4) is 0 Å². The molecule has 18 heavy (non-hydrogen) atoms. The number of likely N-dealkylation sites (tertiary alicyclic amines) is 1. The van der Waals surface area contributed by atoms with Crippen LogP contribution in [0.4, 0.5) is 0 Å². The van der Waals surface area contributed by atoms with Crippen molar-refractivity contribution in [1.82, 2.24) is 9.88 Å². The number of aromatic nitrogens is 1. The van der Waals surface area contributed by atoms with Gasteiger partial charge in [0, 0.05) is 29.9 Å². The first kappa shape index (κ1) is 14.1. The van der Waals surface area contributed by atoms with Crippen LogP contribution in [0.3, 0.4) is 0 Å². The standard InChI is InChI=1S/C14H20Cl2N2/c1-3-14(4-2)5-6-18(10-14)9-11-8-17-13(16)7-12(11)15/h7-8H,3-6,9-10H2,1-2H3. The summed E-state index contributed by atoms with van der Waals surface area (Å²) in [6, 6.07) is 1.72. The number of pyridine rings is 1. The Labute approximate surface area is 119 Å². The van der Waals surface area contributed by atoms with E-state index in [0.717, 1.165) is 23.7 Å². The second kappa shape index (κ2) is 5.77. The van der Waals surface area contributed by atoms with E-state index in [0.29, 0.717) is 10.6 Å². The lowest BCUT2D eigenvalue weighted by Crippen LogP contribution is -2.26. The van der Waals surface area contributed by atoms with Crippen LogP contribution in [0.1, 0.15) is 38.7 Å². The van der Waals surface area contributed by atoms with Crippen molar-refractivity contribution < 1.29 is 0 Å². The predicted octanol–water partition coefficient (Wildman–Crippen LogP) is 4.40. The molecule has 2 rings (SSSR count). The third-order valence-electron chi connectivity index (χ3n) is 4.31. The van der Waals surface area contributed by atoms with Gasteiger partial charge in [0.1, 0.15) is 5.15 Å². The van der Waals surface area contributed by atoms with E-state index in [1.807, 2.05) is 0 Å². The Bertz CT molecular complexity index is 416. The Balaban J connectivity index is 2.03. The Hall–Kier alpha value is -0.310. The van der Waals surface area contributed by atoms with E-state index in [-0.39, 0.29) is 0 Å². The summed E-state index contributed by atoms with van der Waals surface area (Å²) in [7, 11) is 0. The highest BCUT2D eigenvalue weighted by molar-refractivity contribution is 6.34. The number of hydrogen-bond donors (Lipinski definition) is 0. The first-order valence-electron chi connectivity index (χ1n) is 6.61. The average molecular weight is 287 g/mol. The summed E-state index contributed by atoms with van der Waals surface area (Å²) >= 11 is 12.0. The van der Waals surface area contributed by atoms with Gasteiger partial charge in [-0.05, 0) is 37.3 Å². The fourth-order valence-corrected chi connectivity index (χ4v) is 3.21. The summed E-state index contributed by atoms with van der Waals surface area (Å²) in [6.07, 6.45) is 5.60. The highest BCUT2D eigenvalue weighted by atomic mass is 35.5. The molecular weight excluding hydrogens is 267 g/mol. The number of halogens is 2. The van der Waals surface area contributed by atoms with Crippen LogP contribution in [-0.2, 0) is 6.54 Å². The first-order chi connectivity index (χ1) is 8.58. The summed E-state index contributed by atoms with van der Waals surface area (Å²) < 4.78 is 0. The number of nitrogens with zero attached hydrogens (tertiary/aromatic N) is 2. The molecule has 1 aromatic rings. The molecule has 1 aliphatic rings. The topological polar surface area (TPSA) is 16.1 Å². The molecule has 4 heteroatoms. The van der Waals surface area contributed by atoms with E-state index >= 15 is 0 Å². The fourth-order valence-electron chi connectivity index (χ4n) is 2.78. The molecule has 0 amide bonds.